The van der Waals surface area contributed by atoms with Crippen molar-refractivity contribution in [1.82, 2.24) is 0 Å². The Labute approximate surface area is 97.5 Å². The third kappa shape index (κ3) is 1.15. The molecule has 3 rings (SSSR count). The molecule has 0 amide bonds. The van der Waals surface area contributed by atoms with Gasteiger partial charge in [0.2, 0.25) is 0 Å². The van der Waals surface area contributed by atoms with Crippen LogP contribution in [0.25, 0.3) is 0 Å². The summed E-state index contributed by atoms with van der Waals surface area (Å²) in [7, 11) is 0. The molecule has 1 nitrogen and oxygen atoms in total. The second-order valence-corrected chi connectivity index (χ2v) is 6.14. The van der Waals surface area contributed by atoms with E-state index in [1.807, 2.05) is 0 Å². The zero-order valence-electron chi connectivity index (χ0n) is 10.3. The third-order valence-electron chi connectivity index (χ3n) is 4.77. The molecule has 0 saturated heterocycles. The van der Waals surface area contributed by atoms with Crippen LogP contribution in [0, 0.1) is 5.92 Å². The van der Waals surface area contributed by atoms with E-state index < -0.39 is 0 Å². The van der Waals surface area contributed by atoms with E-state index in [9.17, 15) is 5.11 Å². The smallest absolute Gasteiger partial charge is 0.0824 e. The van der Waals surface area contributed by atoms with Crippen LogP contribution in [-0.2, 0) is 5.41 Å². The lowest BCUT2D eigenvalue weighted by Crippen LogP contribution is -2.26. The second-order valence-electron chi connectivity index (χ2n) is 6.14. The van der Waals surface area contributed by atoms with Crippen LogP contribution in [0.4, 0.5) is 0 Å². The summed E-state index contributed by atoms with van der Waals surface area (Å²) >= 11 is 0. The highest BCUT2D eigenvalue weighted by atomic mass is 16.3. The fourth-order valence-electron chi connectivity index (χ4n) is 3.67. The molecule has 2 aliphatic carbocycles. The Balaban J connectivity index is 2.25. The maximum absolute atomic E-state index is 10.3. The average molecular weight is 216 g/mol. The fourth-order valence-corrected chi connectivity index (χ4v) is 3.67. The highest BCUT2D eigenvalue weighted by Gasteiger charge is 2.43. The van der Waals surface area contributed by atoms with E-state index in [2.05, 4.69) is 39.0 Å². The van der Waals surface area contributed by atoms with Crippen LogP contribution in [-0.4, -0.2) is 5.11 Å². The predicted molar refractivity (Wildman–Crippen MR) is 65.6 cm³/mol. The molecular weight excluding hydrogens is 196 g/mol. The van der Waals surface area contributed by atoms with Gasteiger partial charge in [-0.05, 0) is 46.8 Å². The van der Waals surface area contributed by atoms with Crippen LogP contribution in [0.5, 0.6) is 0 Å². The first kappa shape index (κ1) is 10.3. The van der Waals surface area contributed by atoms with Crippen molar-refractivity contribution in [1.29, 1.82) is 0 Å². The van der Waals surface area contributed by atoms with E-state index in [4.69, 9.17) is 0 Å². The van der Waals surface area contributed by atoms with Crippen molar-refractivity contribution in [3.8, 4) is 0 Å². The normalized spacial score (nSPS) is 34.9. The van der Waals surface area contributed by atoms with Crippen molar-refractivity contribution in [2.45, 2.75) is 51.0 Å². The Morgan fingerprint density at radius 3 is 2.81 bits per heavy atom. The van der Waals surface area contributed by atoms with Gasteiger partial charge in [0.1, 0.15) is 0 Å². The quantitative estimate of drug-likeness (QED) is 0.703. The lowest BCUT2D eigenvalue weighted by molar-refractivity contribution is 0.116. The molecule has 0 aromatic heterocycles. The average Bonchev–Trinajstić information content (AvgIpc) is 2.49. The molecule has 0 fully saturated rings. The Bertz CT molecular complexity index is 433. The summed E-state index contributed by atoms with van der Waals surface area (Å²) in [6.07, 6.45) is 2.23. The molecule has 0 bridgehead atoms. The number of hydrogen-bond acceptors (Lipinski definition) is 1. The minimum atomic E-state index is -0.242. The monoisotopic (exact) mass is 216 g/mol. The SMILES string of the molecule is CC1C(O)c2cccc3c2C1CCC3(C)C. The van der Waals surface area contributed by atoms with Gasteiger partial charge in [0, 0.05) is 0 Å². The maximum atomic E-state index is 10.3. The zero-order valence-corrected chi connectivity index (χ0v) is 10.3. The fraction of sp³-hybridized carbons (Fsp3) is 0.600. The van der Waals surface area contributed by atoms with E-state index in [1.54, 1.807) is 0 Å². The molecule has 1 aromatic carbocycles. The summed E-state index contributed by atoms with van der Waals surface area (Å²) in [4.78, 5) is 0. The minimum absolute atomic E-state index is 0.242. The van der Waals surface area contributed by atoms with Crippen LogP contribution in [0.15, 0.2) is 18.2 Å². The molecule has 3 unspecified atom stereocenters. The van der Waals surface area contributed by atoms with Crippen LogP contribution in [0.1, 0.15) is 62.3 Å². The van der Waals surface area contributed by atoms with Gasteiger partial charge >= 0.3 is 0 Å². The minimum Gasteiger partial charge on any atom is -0.388 e. The molecule has 2 aliphatic rings. The van der Waals surface area contributed by atoms with Gasteiger partial charge < -0.3 is 5.11 Å². The van der Waals surface area contributed by atoms with Gasteiger partial charge in [-0.3, -0.25) is 0 Å². The molecule has 1 N–H and O–H groups in total. The van der Waals surface area contributed by atoms with Gasteiger partial charge in [-0.1, -0.05) is 39.0 Å². The molecular formula is C15H20O. The Hall–Kier alpha value is -0.820. The molecule has 0 spiro atoms. The number of rotatable bonds is 0. The van der Waals surface area contributed by atoms with Crippen LogP contribution >= 0.6 is 0 Å². The maximum Gasteiger partial charge on any atom is 0.0824 e. The van der Waals surface area contributed by atoms with Crippen molar-refractivity contribution >= 4 is 0 Å². The third-order valence-corrected chi connectivity index (χ3v) is 4.77. The van der Waals surface area contributed by atoms with E-state index in [0.717, 1.165) is 0 Å². The van der Waals surface area contributed by atoms with Gasteiger partial charge in [0.05, 0.1) is 6.10 Å². The summed E-state index contributed by atoms with van der Waals surface area (Å²) in [6, 6.07) is 6.48. The van der Waals surface area contributed by atoms with Gasteiger partial charge in [-0.25, -0.2) is 0 Å². The van der Waals surface area contributed by atoms with Crippen LogP contribution in [0.3, 0.4) is 0 Å². The highest BCUT2D eigenvalue weighted by molar-refractivity contribution is 5.48. The van der Waals surface area contributed by atoms with Crippen molar-refractivity contribution in [3.63, 3.8) is 0 Å². The molecule has 0 radical (unpaired) electrons. The number of aliphatic hydroxyl groups is 1. The second kappa shape index (κ2) is 3.10. The molecule has 1 aromatic rings. The molecule has 86 valence electrons. The lowest BCUT2D eigenvalue weighted by atomic mass is 9.68. The zero-order chi connectivity index (χ0) is 11.5. The highest BCUT2D eigenvalue weighted by Crippen LogP contribution is 2.54. The van der Waals surface area contributed by atoms with Gasteiger partial charge in [0.15, 0.2) is 0 Å². The number of benzene rings is 1. The van der Waals surface area contributed by atoms with Crippen molar-refractivity contribution < 1.29 is 5.11 Å². The van der Waals surface area contributed by atoms with E-state index >= 15 is 0 Å². The first-order chi connectivity index (χ1) is 7.52. The van der Waals surface area contributed by atoms with E-state index in [1.165, 1.54) is 29.5 Å². The first-order valence-corrected chi connectivity index (χ1v) is 6.34. The first-order valence-electron chi connectivity index (χ1n) is 6.34. The van der Waals surface area contributed by atoms with E-state index in [-0.39, 0.29) is 11.5 Å². The summed E-state index contributed by atoms with van der Waals surface area (Å²) in [5.74, 6) is 0.987. The molecule has 3 atom stereocenters. The van der Waals surface area contributed by atoms with Gasteiger partial charge in [-0.2, -0.15) is 0 Å². The summed E-state index contributed by atoms with van der Waals surface area (Å²) in [6.45, 7) is 6.85. The molecule has 1 heteroatoms. The van der Waals surface area contributed by atoms with Gasteiger partial charge in [0.25, 0.3) is 0 Å². The van der Waals surface area contributed by atoms with Gasteiger partial charge in [-0.15, -0.1) is 0 Å². The topological polar surface area (TPSA) is 20.2 Å². The van der Waals surface area contributed by atoms with Crippen molar-refractivity contribution in [2.24, 2.45) is 5.92 Å². The van der Waals surface area contributed by atoms with Crippen molar-refractivity contribution in [2.75, 3.05) is 0 Å². The molecule has 0 aliphatic heterocycles. The molecule has 0 saturated carbocycles. The summed E-state index contributed by atoms with van der Waals surface area (Å²) < 4.78 is 0. The summed E-state index contributed by atoms with van der Waals surface area (Å²) in [5, 5.41) is 10.3. The van der Waals surface area contributed by atoms with E-state index in [0.29, 0.717) is 11.8 Å². The summed E-state index contributed by atoms with van der Waals surface area (Å²) in [5.41, 5.74) is 4.43. The molecule has 16 heavy (non-hydrogen) atoms. The lowest BCUT2D eigenvalue weighted by Gasteiger charge is -2.36. The Morgan fingerprint density at radius 1 is 1.31 bits per heavy atom. The Kier molecular flexibility index (Phi) is 2.00. The van der Waals surface area contributed by atoms with Crippen molar-refractivity contribution in [3.05, 3.63) is 34.9 Å². The Morgan fingerprint density at radius 2 is 2.06 bits per heavy atom. The van der Waals surface area contributed by atoms with Crippen LogP contribution in [0.2, 0.25) is 0 Å². The largest absolute Gasteiger partial charge is 0.388 e. The molecule has 0 heterocycles. The predicted octanol–water partition coefficient (Wildman–Crippen LogP) is 3.52. The standard InChI is InChI=1S/C15H20O/c1-9-10-7-8-15(2,3)12-6-4-5-11(13(10)12)14(9)16/h4-6,9-10,14,16H,7-8H2,1-3H3. The number of hydrogen-bond donors (Lipinski definition) is 1. The number of aliphatic hydroxyl groups excluding tert-OH is 1. The van der Waals surface area contributed by atoms with Crippen LogP contribution < -0.4 is 0 Å².